The molecule has 0 amide bonds. The Morgan fingerprint density at radius 1 is 1.11 bits per heavy atom. The van der Waals surface area contributed by atoms with Gasteiger partial charge < -0.3 is 50.5 Å². The van der Waals surface area contributed by atoms with E-state index in [9.17, 15) is 25.2 Å². The van der Waals surface area contributed by atoms with E-state index >= 15 is 0 Å². The standard InChI is InChI=1S/C15H16O9.N3/c16-5-10-12(19)13(20)14(21)15(24-10)23-9-3-6-1-2-11(18)22-8(6)4-7(9)17;1-3-2/h1-4,10,12-17,19-21H,5H2;/q;-1/t10-,12-,13+,14-,15-;/m1./s1. The van der Waals surface area contributed by atoms with E-state index in [4.69, 9.17) is 30.1 Å². The fourth-order valence-corrected chi connectivity index (χ4v) is 2.47. The van der Waals surface area contributed by atoms with Gasteiger partial charge in [0, 0.05) is 17.5 Å². The molecule has 0 radical (unpaired) electrons. The molecule has 2 aromatic rings. The summed E-state index contributed by atoms with van der Waals surface area (Å²) >= 11 is 0. The number of aliphatic hydroxyl groups excluding tert-OH is 4. The van der Waals surface area contributed by atoms with Crippen LogP contribution in [-0.2, 0) is 4.74 Å². The van der Waals surface area contributed by atoms with Gasteiger partial charge in [-0.25, -0.2) is 4.79 Å². The van der Waals surface area contributed by atoms with Crippen molar-refractivity contribution in [3.63, 3.8) is 0 Å². The monoisotopic (exact) mass is 382 g/mol. The van der Waals surface area contributed by atoms with Crippen LogP contribution < -0.4 is 10.4 Å². The molecule has 0 aliphatic carbocycles. The number of nitrogens with zero attached hydrogens (tertiary/aromatic N) is 3. The molecule has 12 heteroatoms. The smallest absolute Gasteiger partial charge is 0.336 e. The van der Waals surface area contributed by atoms with Gasteiger partial charge in [0.05, 0.1) is 6.61 Å². The highest BCUT2D eigenvalue weighted by Crippen LogP contribution is 2.33. The summed E-state index contributed by atoms with van der Waals surface area (Å²) in [7, 11) is 0. The van der Waals surface area contributed by atoms with E-state index in [0.29, 0.717) is 5.39 Å². The first kappa shape index (κ1) is 20.5. The molecule has 1 aliphatic heterocycles. The third kappa shape index (κ3) is 4.46. The Balaban J connectivity index is 0.000000817. The van der Waals surface area contributed by atoms with Crippen molar-refractivity contribution in [3.05, 3.63) is 50.7 Å². The second-order valence-corrected chi connectivity index (χ2v) is 5.52. The predicted molar refractivity (Wildman–Crippen MR) is 88.6 cm³/mol. The van der Waals surface area contributed by atoms with E-state index < -0.39 is 42.9 Å². The summed E-state index contributed by atoms with van der Waals surface area (Å²) in [6, 6.07) is 5.17. The molecule has 5 atom stereocenters. The number of phenols is 1. The van der Waals surface area contributed by atoms with Gasteiger partial charge in [-0.05, 0) is 12.1 Å². The first-order chi connectivity index (χ1) is 12.8. The van der Waals surface area contributed by atoms with Crippen LogP contribution in [0.1, 0.15) is 0 Å². The van der Waals surface area contributed by atoms with Crippen LogP contribution in [0.2, 0.25) is 0 Å². The number of benzene rings is 1. The Hall–Kier alpha value is -2.86. The highest BCUT2D eigenvalue weighted by atomic mass is 16.7. The van der Waals surface area contributed by atoms with E-state index in [1.807, 2.05) is 0 Å². The predicted octanol–water partition coefficient (Wildman–Crippen LogP) is -0.457. The van der Waals surface area contributed by atoms with Crippen LogP contribution >= 0.6 is 0 Å². The minimum atomic E-state index is -1.60. The Labute approximate surface area is 150 Å². The summed E-state index contributed by atoms with van der Waals surface area (Å²) in [6.07, 6.45) is -7.27. The molecule has 27 heavy (non-hydrogen) atoms. The van der Waals surface area contributed by atoms with Crippen molar-refractivity contribution in [2.24, 2.45) is 0 Å². The molecule has 146 valence electrons. The molecule has 0 saturated carbocycles. The van der Waals surface area contributed by atoms with Crippen LogP contribution in [0.15, 0.2) is 33.5 Å². The Bertz CT molecular complexity index is 878. The lowest BCUT2D eigenvalue weighted by atomic mass is 9.99. The second-order valence-electron chi connectivity index (χ2n) is 5.52. The summed E-state index contributed by atoms with van der Waals surface area (Å²) < 4.78 is 15.5. The largest absolute Gasteiger partial charge is 0.504 e. The van der Waals surface area contributed by atoms with Crippen LogP contribution in [0.3, 0.4) is 0 Å². The maximum atomic E-state index is 11.2. The fourth-order valence-electron chi connectivity index (χ4n) is 2.47. The molecule has 1 aromatic carbocycles. The number of phenolic OH excluding ortho intramolecular Hbond substituents is 1. The third-order valence-electron chi connectivity index (χ3n) is 3.79. The minimum Gasteiger partial charge on any atom is -0.504 e. The maximum absolute atomic E-state index is 11.2. The summed E-state index contributed by atoms with van der Waals surface area (Å²) in [5, 5.41) is 49.0. The molecule has 3 rings (SSSR count). The van der Waals surface area contributed by atoms with Gasteiger partial charge in [0.2, 0.25) is 6.29 Å². The average molecular weight is 382 g/mol. The maximum Gasteiger partial charge on any atom is 0.336 e. The first-order valence-electron chi connectivity index (χ1n) is 7.55. The lowest BCUT2D eigenvalue weighted by Gasteiger charge is -2.39. The fraction of sp³-hybridized carbons (Fsp3) is 0.400. The molecule has 1 aromatic heterocycles. The van der Waals surface area contributed by atoms with E-state index in [-0.39, 0.29) is 17.1 Å². The van der Waals surface area contributed by atoms with Gasteiger partial charge in [-0.2, -0.15) is 0 Å². The number of aromatic hydroxyl groups is 1. The lowest BCUT2D eigenvalue weighted by molar-refractivity contribution is -0.277. The van der Waals surface area contributed by atoms with Crippen LogP contribution in [0, 0.1) is 0 Å². The van der Waals surface area contributed by atoms with Crippen molar-refractivity contribution in [3.8, 4) is 11.5 Å². The topological polar surface area (TPSA) is 209 Å². The SMILES string of the molecule is O=c1ccc2cc(O[C@@H]3O[C@H](CO)[C@@H](O)[C@H](O)[C@H]3O)c(O)cc2o1.[N-]=[N+]=[N-]. The lowest BCUT2D eigenvalue weighted by Crippen LogP contribution is -2.60. The van der Waals surface area contributed by atoms with Crippen LogP contribution in [0.4, 0.5) is 0 Å². The number of hydrogen-bond donors (Lipinski definition) is 5. The highest BCUT2D eigenvalue weighted by molar-refractivity contribution is 5.80. The molecule has 0 unspecified atom stereocenters. The van der Waals surface area contributed by atoms with Crippen molar-refractivity contribution in [2.75, 3.05) is 6.61 Å². The molecule has 12 nitrogen and oxygen atoms in total. The molecule has 0 spiro atoms. The van der Waals surface area contributed by atoms with Crippen LogP contribution in [-0.4, -0.2) is 62.8 Å². The zero-order valence-corrected chi connectivity index (χ0v) is 13.6. The number of hydrogen-bond acceptors (Lipinski definition) is 9. The van der Waals surface area contributed by atoms with Crippen molar-refractivity contribution in [2.45, 2.75) is 30.7 Å². The number of aliphatic hydroxyl groups is 4. The Kier molecular flexibility index (Phi) is 6.58. The number of fused-ring (bicyclic) bond motifs is 1. The van der Waals surface area contributed by atoms with Crippen LogP contribution in [0.25, 0.3) is 26.9 Å². The number of rotatable bonds is 3. The Morgan fingerprint density at radius 3 is 2.41 bits per heavy atom. The van der Waals surface area contributed by atoms with Gasteiger partial charge in [-0.3, -0.25) is 4.91 Å². The summed E-state index contributed by atoms with van der Waals surface area (Å²) in [6.45, 7) is -0.598. The van der Waals surface area contributed by atoms with E-state index in [0.717, 1.165) is 6.07 Å². The zero-order valence-electron chi connectivity index (χ0n) is 13.6. The zero-order chi connectivity index (χ0) is 20.1. The van der Waals surface area contributed by atoms with E-state index in [1.165, 1.54) is 23.1 Å². The van der Waals surface area contributed by atoms with E-state index in [2.05, 4.69) is 0 Å². The van der Waals surface area contributed by atoms with Gasteiger partial charge >= 0.3 is 5.63 Å². The quantitative estimate of drug-likeness (QED) is 0.201. The molecular formula is C15H16N3O9-. The molecule has 1 aliphatic rings. The van der Waals surface area contributed by atoms with Crippen molar-refractivity contribution in [1.82, 2.24) is 0 Å². The van der Waals surface area contributed by atoms with Gasteiger partial charge in [0.15, 0.2) is 11.5 Å². The molecule has 5 N–H and O–H groups in total. The second kappa shape index (κ2) is 8.68. The normalized spacial score (nSPS) is 27.3. The van der Waals surface area contributed by atoms with E-state index in [1.54, 1.807) is 0 Å². The molecule has 1 fully saturated rings. The van der Waals surface area contributed by atoms with Crippen LogP contribution in [0.5, 0.6) is 11.5 Å². The summed E-state index contributed by atoms with van der Waals surface area (Å²) in [4.78, 5) is 12.7. The van der Waals surface area contributed by atoms with Gasteiger partial charge in [-0.1, -0.05) is 0 Å². The first-order valence-corrected chi connectivity index (χ1v) is 7.55. The van der Waals surface area contributed by atoms with Crippen molar-refractivity contribution in [1.29, 1.82) is 0 Å². The average Bonchev–Trinajstić information content (AvgIpc) is 2.63. The van der Waals surface area contributed by atoms with Crippen molar-refractivity contribution >= 4 is 11.0 Å². The van der Waals surface area contributed by atoms with Gasteiger partial charge in [-0.15, -0.1) is 0 Å². The summed E-state index contributed by atoms with van der Waals surface area (Å²) in [5.41, 5.74) is 13.1. The number of ether oxygens (including phenoxy) is 2. The third-order valence-corrected chi connectivity index (χ3v) is 3.79. The van der Waals surface area contributed by atoms with Crippen molar-refractivity contribution < 1.29 is 39.4 Å². The van der Waals surface area contributed by atoms with Gasteiger partial charge in [0.1, 0.15) is 30.0 Å². The Morgan fingerprint density at radius 2 is 1.78 bits per heavy atom. The minimum absolute atomic E-state index is 0.0966. The highest BCUT2D eigenvalue weighted by Gasteiger charge is 2.44. The summed E-state index contributed by atoms with van der Waals surface area (Å²) in [5.74, 6) is -0.477. The molecule has 2 heterocycles. The molecular weight excluding hydrogens is 366 g/mol. The molecule has 1 saturated heterocycles. The molecule has 0 bridgehead atoms. The van der Waals surface area contributed by atoms with Gasteiger partial charge in [0.25, 0.3) is 0 Å².